The summed E-state index contributed by atoms with van der Waals surface area (Å²) in [7, 11) is 0. The SMILES string of the molecule is O=C(c1ccc(F)cn1)N(CCBr)CC(F)F. The number of nitrogens with zero attached hydrogens (tertiary/aromatic N) is 2. The van der Waals surface area contributed by atoms with Crippen molar-refractivity contribution in [1.82, 2.24) is 9.88 Å². The van der Waals surface area contributed by atoms with E-state index in [1.54, 1.807) is 0 Å². The molecule has 0 aliphatic rings. The van der Waals surface area contributed by atoms with Crippen LogP contribution in [0.15, 0.2) is 18.3 Å². The number of rotatable bonds is 5. The summed E-state index contributed by atoms with van der Waals surface area (Å²) in [5, 5.41) is 0.382. The fourth-order valence-corrected chi connectivity index (χ4v) is 1.64. The van der Waals surface area contributed by atoms with Crippen LogP contribution in [0.5, 0.6) is 0 Å². The van der Waals surface area contributed by atoms with Crippen LogP contribution in [-0.2, 0) is 0 Å². The van der Waals surface area contributed by atoms with Crippen LogP contribution in [0.25, 0.3) is 0 Å². The molecule has 7 heteroatoms. The average molecular weight is 311 g/mol. The van der Waals surface area contributed by atoms with E-state index >= 15 is 0 Å². The first kappa shape index (κ1) is 14.0. The molecule has 94 valence electrons. The molecule has 1 heterocycles. The van der Waals surface area contributed by atoms with E-state index in [2.05, 4.69) is 20.9 Å². The van der Waals surface area contributed by atoms with Crippen LogP contribution in [0.4, 0.5) is 13.2 Å². The van der Waals surface area contributed by atoms with Crippen molar-refractivity contribution in [3.8, 4) is 0 Å². The summed E-state index contributed by atoms with van der Waals surface area (Å²) in [6.07, 6.45) is -1.74. The maximum absolute atomic E-state index is 12.6. The van der Waals surface area contributed by atoms with Crippen molar-refractivity contribution in [2.45, 2.75) is 6.43 Å². The molecule has 0 aliphatic carbocycles. The Morgan fingerprint density at radius 2 is 2.18 bits per heavy atom. The first-order valence-electron chi connectivity index (χ1n) is 4.79. The lowest BCUT2D eigenvalue weighted by Crippen LogP contribution is -2.37. The Labute approximate surface area is 105 Å². The summed E-state index contributed by atoms with van der Waals surface area (Å²) in [5.74, 6) is -1.22. The highest BCUT2D eigenvalue weighted by Crippen LogP contribution is 2.06. The van der Waals surface area contributed by atoms with Gasteiger partial charge in [-0.15, -0.1) is 0 Å². The van der Waals surface area contributed by atoms with E-state index in [9.17, 15) is 18.0 Å². The Hall–Kier alpha value is -1.11. The molecular formula is C10H10BrF3N2O. The number of pyridine rings is 1. The van der Waals surface area contributed by atoms with Gasteiger partial charge in [-0.3, -0.25) is 4.79 Å². The van der Waals surface area contributed by atoms with Crippen LogP contribution in [0.2, 0.25) is 0 Å². The zero-order valence-electron chi connectivity index (χ0n) is 8.75. The molecule has 0 bridgehead atoms. The summed E-state index contributed by atoms with van der Waals surface area (Å²) < 4.78 is 37.1. The summed E-state index contributed by atoms with van der Waals surface area (Å²) >= 11 is 3.07. The Bertz CT molecular complexity index is 372. The van der Waals surface area contributed by atoms with Crippen LogP contribution in [0.3, 0.4) is 0 Å². The van der Waals surface area contributed by atoms with E-state index in [0.717, 1.165) is 17.2 Å². The Balaban J connectivity index is 2.79. The lowest BCUT2D eigenvalue weighted by atomic mass is 10.3. The van der Waals surface area contributed by atoms with E-state index in [1.165, 1.54) is 6.07 Å². The summed E-state index contributed by atoms with van der Waals surface area (Å²) in [4.78, 5) is 16.3. The molecule has 1 aromatic heterocycles. The van der Waals surface area contributed by atoms with Gasteiger partial charge in [0.15, 0.2) is 0 Å². The molecule has 0 unspecified atom stereocenters. The van der Waals surface area contributed by atoms with E-state index in [4.69, 9.17) is 0 Å². The third-order valence-electron chi connectivity index (χ3n) is 1.95. The average Bonchev–Trinajstić information content (AvgIpc) is 2.28. The van der Waals surface area contributed by atoms with Crippen LogP contribution in [0.1, 0.15) is 10.5 Å². The number of hydrogen-bond donors (Lipinski definition) is 0. The Morgan fingerprint density at radius 3 is 2.65 bits per heavy atom. The minimum atomic E-state index is -2.61. The normalized spacial score (nSPS) is 10.6. The van der Waals surface area contributed by atoms with Gasteiger partial charge in [-0.2, -0.15) is 0 Å². The topological polar surface area (TPSA) is 33.2 Å². The zero-order chi connectivity index (χ0) is 12.8. The number of amides is 1. The van der Waals surface area contributed by atoms with Crippen LogP contribution < -0.4 is 0 Å². The van der Waals surface area contributed by atoms with Crippen LogP contribution in [-0.4, -0.2) is 40.6 Å². The third kappa shape index (κ3) is 4.33. The largest absolute Gasteiger partial charge is 0.331 e. The van der Waals surface area contributed by atoms with Crippen molar-refractivity contribution >= 4 is 21.8 Å². The van der Waals surface area contributed by atoms with Gasteiger partial charge in [-0.1, -0.05) is 15.9 Å². The molecule has 0 saturated heterocycles. The first-order chi connectivity index (χ1) is 8.04. The van der Waals surface area contributed by atoms with E-state index in [-0.39, 0.29) is 12.2 Å². The van der Waals surface area contributed by atoms with Gasteiger partial charge in [0.1, 0.15) is 11.5 Å². The lowest BCUT2D eigenvalue weighted by molar-refractivity contribution is 0.0567. The van der Waals surface area contributed by atoms with Gasteiger partial charge in [0.05, 0.1) is 12.7 Å². The molecule has 0 aromatic carbocycles. The fraction of sp³-hybridized carbons (Fsp3) is 0.400. The van der Waals surface area contributed by atoms with Gasteiger partial charge < -0.3 is 4.90 Å². The molecule has 0 aliphatic heterocycles. The number of hydrogen-bond acceptors (Lipinski definition) is 2. The third-order valence-corrected chi connectivity index (χ3v) is 2.30. The van der Waals surface area contributed by atoms with Crippen molar-refractivity contribution in [3.05, 3.63) is 29.8 Å². The molecule has 17 heavy (non-hydrogen) atoms. The molecule has 0 atom stereocenters. The molecule has 0 spiro atoms. The number of carbonyl (C=O) groups is 1. The number of alkyl halides is 3. The maximum atomic E-state index is 12.6. The van der Waals surface area contributed by atoms with Crippen molar-refractivity contribution in [2.75, 3.05) is 18.4 Å². The number of carbonyl (C=O) groups excluding carboxylic acids is 1. The monoisotopic (exact) mass is 310 g/mol. The number of halogens is 4. The van der Waals surface area contributed by atoms with Gasteiger partial charge in [0, 0.05) is 11.9 Å². The standard InChI is InChI=1S/C10H10BrF3N2O/c11-3-4-16(6-9(13)14)10(17)8-2-1-7(12)5-15-8/h1-2,5,9H,3-4,6H2. The molecule has 0 fully saturated rings. The van der Waals surface area contributed by atoms with Gasteiger partial charge in [0.25, 0.3) is 12.3 Å². The highest BCUT2D eigenvalue weighted by molar-refractivity contribution is 9.09. The van der Waals surface area contributed by atoms with E-state index < -0.39 is 24.7 Å². The van der Waals surface area contributed by atoms with E-state index in [1.807, 2.05) is 0 Å². The summed E-state index contributed by atoms with van der Waals surface area (Å²) in [6, 6.07) is 2.24. The van der Waals surface area contributed by atoms with Gasteiger partial charge in [-0.25, -0.2) is 18.2 Å². The van der Waals surface area contributed by atoms with Crippen LogP contribution in [0, 0.1) is 5.82 Å². The second-order valence-electron chi connectivity index (χ2n) is 3.19. The molecule has 1 aromatic rings. The molecule has 0 saturated carbocycles. The second-order valence-corrected chi connectivity index (χ2v) is 3.99. The highest BCUT2D eigenvalue weighted by Gasteiger charge is 2.20. The molecule has 1 rings (SSSR count). The summed E-state index contributed by atoms with van der Waals surface area (Å²) in [5.41, 5.74) is -0.0481. The quantitative estimate of drug-likeness (QED) is 0.782. The van der Waals surface area contributed by atoms with Crippen molar-refractivity contribution < 1.29 is 18.0 Å². The van der Waals surface area contributed by atoms with E-state index in [0.29, 0.717) is 5.33 Å². The van der Waals surface area contributed by atoms with Crippen molar-refractivity contribution in [1.29, 1.82) is 0 Å². The maximum Gasteiger partial charge on any atom is 0.272 e. The number of aromatic nitrogens is 1. The molecule has 1 amide bonds. The summed E-state index contributed by atoms with van der Waals surface area (Å²) in [6.45, 7) is -0.522. The predicted octanol–water partition coefficient (Wildman–Crippen LogP) is 2.32. The van der Waals surface area contributed by atoms with Crippen molar-refractivity contribution in [3.63, 3.8) is 0 Å². The molecule has 0 radical (unpaired) electrons. The molecule has 0 N–H and O–H groups in total. The second kappa shape index (κ2) is 6.58. The Kier molecular flexibility index (Phi) is 5.40. The highest BCUT2D eigenvalue weighted by atomic mass is 79.9. The van der Waals surface area contributed by atoms with Crippen molar-refractivity contribution in [2.24, 2.45) is 0 Å². The fourth-order valence-electron chi connectivity index (χ4n) is 1.21. The Morgan fingerprint density at radius 1 is 1.47 bits per heavy atom. The van der Waals surface area contributed by atoms with Crippen LogP contribution >= 0.6 is 15.9 Å². The zero-order valence-corrected chi connectivity index (χ0v) is 10.3. The molecular weight excluding hydrogens is 301 g/mol. The minimum Gasteiger partial charge on any atom is -0.331 e. The van der Waals surface area contributed by atoms with Gasteiger partial charge >= 0.3 is 0 Å². The smallest absolute Gasteiger partial charge is 0.272 e. The first-order valence-corrected chi connectivity index (χ1v) is 5.91. The van der Waals surface area contributed by atoms with Gasteiger partial charge in [0.2, 0.25) is 0 Å². The lowest BCUT2D eigenvalue weighted by Gasteiger charge is -2.20. The molecule has 3 nitrogen and oxygen atoms in total. The predicted molar refractivity (Wildman–Crippen MR) is 59.9 cm³/mol. The van der Waals surface area contributed by atoms with Gasteiger partial charge in [-0.05, 0) is 12.1 Å². The minimum absolute atomic E-state index is 0.0481.